The van der Waals surface area contributed by atoms with Crippen LogP contribution in [0.3, 0.4) is 0 Å². The van der Waals surface area contributed by atoms with E-state index in [1.807, 2.05) is 0 Å². The standard InChI is InChI=1S/C21H46OP2.Ir.3H/c1-15(2)23(16(3)4,20(9,10)11)19(22)24(17(5)6,18(7)8)21(12,13)14;;;;/h15-18H,1-14H3;;;;/q+2;+3;3*-1. The minimum absolute atomic E-state index is 0. The van der Waals surface area contributed by atoms with E-state index in [9.17, 15) is 4.79 Å². The zero-order chi connectivity index (χ0) is 19.9. The van der Waals surface area contributed by atoms with E-state index in [1.165, 1.54) is 0 Å². The molecule has 0 N–H and O–H groups in total. The van der Waals surface area contributed by atoms with E-state index in [2.05, 4.69) is 96.9 Å². The number of hydrogen-bond acceptors (Lipinski definition) is 1. The average molecular weight is 572 g/mol. The first-order valence-electron chi connectivity index (χ1n) is 9.75. The van der Waals surface area contributed by atoms with Crippen molar-refractivity contribution in [3.05, 3.63) is 0 Å². The number of hydrogen-bond donors (Lipinski definition) is 0. The van der Waals surface area contributed by atoms with Crippen molar-refractivity contribution in [1.82, 2.24) is 0 Å². The molecule has 0 saturated heterocycles. The van der Waals surface area contributed by atoms with Crippen LogP contribution in [0.1, 0.15) is 101 Å². The molecule has 0 aromatic heterocycles. The predicted octanol–water partition coefficient (Wildman–Crippen LogP) is 8.71. The van der Waals surface area contributed by atoms with Crippen LogP contribution in [0.25, 0.3) is 0 Å². The van der Waals surface area contributed by atoms with E-state index in [4.69, 9.17) is 0 Å². The third kappa shape index (κ3) is 4.44. The van der Waals surface area contributed by atoms with Gasteiger partial charge in [-0.25, -0.2) is 4.79 Å². The second-order valence-electron chi connectivity index (χ2n) is 10.6. The van der Waals surface area contributed by atoms with Crippen LogP contribution in [0.2, 0.25) is 0 Å². The third-order valence-corrected chi connectivity index (χ3v) is 20.3. The Bertz CT molecular complexity index is 398. The summed E-state index contributed by atoms with van der Waals surface area (Å²) in [4.78, 5) is 14.6. The average Bonchev–Trinajstić information content (AvgIpc) is 2.22. The van der Waals surface area contributed by atoms with Crippen LogP contribution in [0.5, 0.6) is 0 Å². The second-order valence-corrected chi connectivity index (χ2v) is 21.6. The maximum Gasteiger partial charge on any atom is 3.00 e. The van der Waals surface area contributed by atoms with Gasteiger partial charge in [0, 0.05) is 0 Å². The molecule has 0 aliphatic heterocycles. The van der Waals surface area contributed by atoms with Gasteiger partial charge < -0.3 is 4.28 Å². The first-order valence-corrected chi connectivity index (χ1v) is 13.6. The van der Waals surface area contributed by atoms with Crippen molar-refractivity contribution < 1.29 is 29.2 Å². The van der Waals surface area contributed by atoms with Crippen LogP contribution in [-0.4, -0.2) is 38.2 Å². The molecule has 0 unspecified atom stereocenters. The van der Waals surface area contributed by atoms with Gasteiger partial charge in [0.05, 0.1) is 32.9 Å². The summed E-state index contributed by atoms with van der Waals surface area (Å²) in [6.07, 6.45) is 0. The largest absolute Gasteiger partial charge is 3.00 e. The van der Waals surface area contributed by atoms with Crippen LogP contribution in [0.4, 0.5) is 4.79 Å². The number of carbonyl (C=O) groups excluding carboxylic acids is 1. The monoisotopic (exact) mass is 572 g/mol. The van der Waals surface area contributed by atoms with E-state index >= 15 is 0 Å². The first-order chi connectivity index (χ1) is 10.4. The van der Waals surface area contributed by atoms with Crippen molar-refractivity contribution in [2.45, 2.75) is 130 Å². The second kappa shape index (κ2) is 9.12. The molecule has 1 nitrogen and oxygen atoms in total. The Morgan fingerprint density at radius 2 is 0.760 bits per heavy atom. The summed E-state index contributed by atoms with van der Waals surface area (Å²) in [7, 11) is -3.66. The van der Waals surface area contributed by atoms with Crippen molar-refractivity contribution in [3.63, 3.8) is 0 Å². The molecule has 0 rings (SSSR count). The SMILES string of the molecule is CC(C)[P+](C(=O)[P+](C(C)C)(C(C)C)C(C)(C)C)(C(C)C)C(C)(C)C.[H-].[H-].[H-].[Ir+3]. The Labute approximate surface area is 178 Å². The van der Waals surface area contributed by atoms with Crippen LogP contribution in [0, 0.1) is 0 Å². The van der Waals surface area contributed by atoms with E-state index < -0.39 is 14.5 Å². The summed E-state index contributed by atoms with van der Waals surface area (Å²) >= 11 is 0. The Hall–Kier alpha value is 1.18. The Morgan fingerprint density at radius 1 is 0.600 bits per heavy atom. The molecule has 0 atom stereocenters. The van der Waals surface area contributed by atoms with E-state index in [-0.39, 0.29) is 34.7 Å². The molecule has 0 amide bonds. The van der Waals surface area contributed by atoms with Gasteiger partial charge >= 0.3 is 25.4 Å². The zero-order valence-electron chi connectivity index (χ0n) is 22.4. The van der Waals surface area contributed by atoms with Gasteiger partial charge in [0.2, 0.25) is 0 Å². The van der Waals surface area contributed by atoms with E-state index in [0.29, 0.717) is 27.9 Å². The minimum Gasteiger partial charge on any atom is -1.00 e. The normalized spacial score (nSPS) is 14.5. The molecule has 0 saturated carbocycles. The molecule has 0 aromatic carbocycles. The maximum absolute atomic E-state index is 14.6. The Kier molecular flexibility index (Phi) is 10.4. The topological polar surface area (TPSA) is 17.1 Å². The van der Waals surface area contributed by atoms with Crippen LogP contribution < -0.4 is 0 Å². The van der Waals surface area contributed by atoms with Gasteiger partial charge in [0.1, 0.15) is 14.5 Å². The summed E-state index contributed by atoms with van der Waals surface area (Å²) < 4.78 is 0. The van der Waals surface area contributed by atoms with Gasteiger partial charge in [0.15, 0.2) is 0 Å². The van der Waals surface area contributed by atoms with Gasteiger partial charge in [-0.15, -0.1) is 0 Å². The first kappa shape index (κ1) is 28.4. The molecule has 25 heavy (non-hydrogen) atoms. The van der Waals surface area contributed by atoms with Crippen molar-refractivity contribution in [2.75, 3.05) is 0 Å². The van der Waals surface area contributed by atoms with E-state index in [0.717, 1.165) is 0 Å². The molecule has 0 aliphatic carbocycles. The molecule has 156 valence electrons. The van der Waals surface area contributed by atoms with Gasteiger partial charge in [-0.1, -0.05) is 0 Å². The fraction of sp³-hybridized carbons (Fsp3) is 0.952. The number of carbonyl (C=O) groups is 1. The molecule has 0 fully saturated rings. The molecular formula is C21H49IrOP2+2. The van der Waals surface area contributed by atoms with Crippen molar-refractivity contribution >= 4 is 19.8 Å². The molecule has 0 radical (unpaired) electrons. The fourth-order valence-corrected chi connectivity index (χ4v) is 24.3. The van der Waals surface area contributed by atoms with Gasteiger partial charge in [-0.05, 0) is 96.9 Å². The third-order valence-electron chi connectivity index (χ3n) is 6.11. The van der Waals surface area contributed by atoms with E-state index in [1.54, 1.807) is 0 Å². The molecule has 0 aliphatic rings. The van der Waals surface area contributed by atoms with Crippen molar-refractivity contribution in [3.8, 4) is 0 Å². The van der Waals surface area contributed by atoms with Gasteiger partial charge in [0.25, 0.3) is 0 Å². The summed E-state index contributed by atoms with van der Waals surface area (Å²) in [6, 6.07) is 0. The summed E-state index contributed by atoms with van der Waals surface area (Å²) in [5.41, 5.74) is 1.79. The quantitative estimate of drug-likeness (QED) is 0.292. The molecule has 0 spiro atoms. The van der Waals surface area contributed by atoms with Gasteiger partial charge in [-0.3, -0.25) is 0 Å². The summed E-state index contributed by atoms with van der Waals surface area (Å²) in [5, 5.41) is 0.837. The molecule has 0 bridgehead atoms. The Balaban J connectivity index is -0.000000441. The smallest absolute Gasteiger partial charge is 1.00 e. The van der Waals surface area contributed by atoms with Crippen molar-refractivity contribution in [2.24, 2.45) is 0 Å². The predicted molar refractivity (Wildman–Crippen MR) is 123 cm³/mol. The Morgan fingerprint density at radius 3 is 0.840 bits per heavy atom. The van der Waals surface area contributed by atoms with Crippen LogP contribution in [0.15, 0.2) is 0 Å². The minimum atomic E-state index is -1.83. The summed E-state index contributed by atoms with van der Waals surface area (Å²) in [5.74, 6) is 0. The molecule has 0 aromatic rings. The van der Waals surface area contributed by atoms with Crippen molar-refractivity contribution in [1.29, 1.82) is 0 Å². The fourth-order valence-electron chi connectivity index (χ4n) is 6.02. The van der Waals surface area contributed by atoms with Crippen LogP contribution >= 0.6 is 14.5 Å². The number of rotatable bonds is 6. The molecule has 0 heterocycles. The van der Waals surface area contributed by atoms with Crippen LogP contribution in [-0.2, 0) is 20.1 Å². The molecule has 4 heteroatoms. The molecular weight excluding hydrogens is 522 g/mol. The maximum atomic E-state index is 14.6. The zero-order valence-corrected chi connectivity index (χ0v) is 23.6. The summed E-state index contributed by atoms with van der Waals surface area (Å²) in [6.45, 7) is 32.5. The van der Waals surface area contributed by atoms with Gasteiger partial charge in [-0.2, -0.15) is 0 Å².